The summed E-state index contributed by atoms with van der Waals surface area (Å²) < 4.78 is 1.25. The van der Waals surface area contributed by atoms with Crippen LogP contribution in [-0.2, 0) is 24.2 Å². The van der Waals surface area contributed by atoms with Crippen LogP contribution in [0.1, 0.15) is 17.5 Å². The van der Waals surface area contributed by atoms with Gasteiger partial charge >= 0.3 is 5.69 Å². The molecule has 0 unspecified atom stereocenters. The largest absolute Gasteiger partial charge is 0.340 e. The fourth-order valence-corrected chi connectivity index (χ4v) is 4.16. The zero-order chi connectivity index (χ0) is 18.8. The van der Waals surface area contributed by atoms with Crippen molar-refractivity contribution >= 4 is 5.91 Å². The lowest BCUT2D eigenvalue weighted by Crippen LogP contribution is -2.42. The van der Waals surface area contributed by atoms with Gasteiger partial charge in [0.05, 0.1) is 0 Å². The van der Waals surface area contributed by atoms with Crippen molar-refractivity contribution in [1.29, 1.82) is 0 Å². The highest BCUT2D eigenvalue weighted by molar-refractivity contribution is 5.76. The van der Waals surface area contributed by atoms with Crippen LogP contribution in [0.3, 0.4) is 0 Å². The van der Waals surface area contributed by atoms with Crippen molar-refractivity contribution < 1.29 is 4.79 Å². The molecule has 7 heteroatoms. The zero-order valence-corrected chi connectivity index (χ0v) is 15.3. The molecule has 0 atom stereocenters. The van der Waals surface area contributed by atoms with Gasteiger partial charge in [-0.2, -0.15) is 0 Å². The molecule has 1 aliphatic heterocycles. The molecule has 0 saturated carbocycles. The fourth-order valence-electron chi connectivity index (χ4n) is 4.16. The van der Waals surface area contributed by atoms with E-state index in [1.807, 2.05) is 4.90 Å². The van der Waals surface area contributed by atoms with Gasteiger partial charge in [-0.15, -0.1) is 0 Å². The van der Waals surface area contributed by atoms with Gasteiger partial charge in [0.2, 0.25) is 5.91 Å². The van der Waals surface area contributed by atoms with Crippen LogP contribution in [0, 0.1) is 0 Å². The van der Waals surface area contributed by atoms with Crippen LogP contribution in [0.5, 0.6) is 0 Å². The standard InChI is InChI=1S/C20H24N4O3/c25-18-6-9-24(20(27)21-18)14-19(26)23-8-3-7-22(10-11-23)17-12-15-4-1-2-5-16(15)13-17/h1-2,4-6,9,17H,3,7-8,10-14H2,(H,21,25,27). The first-order valence-electron chi connectivity index (χ1n) is 9.48. The Kier molecular flexibility index (Phi) is 4.94. The summed E-state index contributed by atoms with van der Waals surface area (Å²) in [5.41, 5.74) is 1.89. The van der Waals surface area contributed by atoms with Crippen molar-refractivity contribution in [3.8, 4) is 0 Å². The number of fused-ring (bicyclic) bond motifs is 1. The summed E-state index contributed by atoms with van der Waals surface area (Å²) in [5, 5.41) is 0. The first-order valence-corrected chi connectivity index (χ1v) is 9.48. The van der Waals surface area contributed by atoms with E-state index in [0.29, 0.717) is 19.1 Å². The number of amides is 1. The summed E-state index contributed by atoms with van der Waals surface area (Å²) in [6.45, 7) is 3.17. The summed E-state index contributed by atoms with van der Waals surface area (Å²) in [7, 11) is 0. The molecule has 1 saturated heterocycles. The van der Waals surface area contributed by atoms with E-state index in [1.165, 1.54) is 28.0 Å². The summed E-state index contributed by atoms with van der Waals surface area (Å²) in [4.78, 5) is 42.1. The molecule has 7 nitrogen and oxygen atoms in total. The van der Waals surface area contributed by atoms with Crippen LogP contribution in [0.4, 0.5) is 0 Å². The van der Waals surface area contributed by atoms with Gasteiger partial charge < -0.3 is 4.90 Å². The van der Waals surface area contributed by atoms with E-state index in [-0.39, 0.29) is 12.5 Å². The van der Waals surface area contributed by atoms with E-state index in [0.717, 1.165) is 32.4 Å². The second-order valence-corrected chi connectivity index (χ2v) is 7.34. The minimum Gasteiger partial charge on any atom is -0.340 e. The lowest BCUT2D eigenvalue weighted by Gasteiger charge is -2.27. The molecule has 2 aliphatic rings. The Morgan fingerprint density at radius 3 is 2.44 bits per heavy atom. The van der Waals surface area contributed by atoms with E-state index in [9.17, 15) is 14.4 Å². The number of nitrogens with one attached hydrogen (secondary N) is 1. The molecule has 4 rings (SSSR count). The SMILES string of the molecule is O=C(Cn1ccc(=O)[nH]c1=O)N1CCCN(C2Cc3ccccc3C2)CC1. The van der Waals surface area contributed by atoms with Gasteiger partial charge in [-0.25, -0.2) is 4.79 Å². The van der Waals surface area contributed by atoms with Crippen LogP contribution in [0.25, 0.3) is 0 Å². The Morgan fingerprint density at radius 1 is 1.00 bits per heavy atom. The Bertz CT molecular complexity index is 923. The number of rotatable bonds is 3. The average molecular weight is 368 g/mol. The Hall–Kier alpha value is -2.67. The second-order valence-electron chi connectivity index (χ2n) is 7.34. The Labute approximate surface area is 157 Å². The van der Waals surface area contributed by atoms with Crippen molar-refractivity contribution in [2.75, 3.05) is 26.2 Å². The lowest BCUT2D eigenvalue weighted by atomic mass is 10.1. The molecule has 1 aliphatic carbocycles. The van der Waals surface area contributed by atoms with Gasteiger partial charge in [0.25, 0.3) is 5.56 Å². The van der Waals surface area contributed by atoms with Crippen molar-refractivity contribution in [1.82, 2.24) is 19.4 Å². The van der Waals surface area contributed by atoms with Gasteiger partial charge in [0.1, 0.15) is 6.54 Å². The van der Waals surface area contributed by atoms with Crippen LogP contribution in [-0.4, -0.2) is 57.5 Å². The van der Waals surface area contributed by atoms with Gasteiger partial charge in [0.15, 0.2) is 0 Å². The van der Waals surface area contributed by atoms with Gasteiger partial charge in [-0.05, 0) is 30.4 Å². The molecular weight excluding hydrogens is 344 g/mol. The maximum atomic E-state index is 12.6. The highest BCUT2D eigenvalue weighted by atomic mass is 16.2. The van der Waals surface area contributed by atoms with Crippen LogP contribution >= 0.6 is 0 Å². The minimum absolute atomic E-state index is 0.0372. The van der Waals surface area contributed by atoms with Gasteiger partial charge in [0, 0.05) is 44.5 Å². The minimum atomic E-state index is -0.545. The highest BCUT2D eigenvalue weighted by Gasteiger charge is 2.28. The molecule has 142 valence electrons. The number of carbonyl (C=O) groups excluding carboxylic acids is 1. The zero-order valence-electron chi connectivity index (χ0n) is 15.3. The lowest BCUT2D eigenvalue weighted by molar-refractivity contribution is -0.131. The number of hydrogen-bond donors (Lipinski definition) is 1. The first-order chi connectivity index (χ1) is 13.1. The van der Waals surface area contributed by atoms with Gasteiger partial charge in [-0.3, -0.25) is 24.0 Å². The molecule has 0 spiro atoms. The number of carbonyl (C=O) groups is 1. The topological polar surface area (TPSA) is 78.4 Å². The van der Waals surface area contributed by atoms with E-state index in [1.54, 1.807) is 0 Å². The molecule has 1 aromatic carbocycles. The molecule has 0 radical (unpaired) electrons. The number of nitrogens with zero attached hydrogens (tertiary/aromatic N) is 3. The Balaban J connectivity index is 1.36. The maximum Gasteiger partial charge on any atom is 0.328 e. The number of hydrogen-bond acceptors (Lipinski definition) is 4. The molecule has 27 heavy (non-hydrogen) atoms. The predicted octanol–water partition coefficient (Wildman–Crippen LogP) is 0.238. The normalized spacial score (nSPS) is 18.3. The van der Waals surface area contributed by atoms with E-state index >= 15 is 0 Å². The second kappa shape index (κ2) is 7.52. The van der Waals surface area contributed by atoms with Crippen LogP contribution in [0.2, 0.25) is 0 Å². The summed E-state index contributed by atoms with van der Waals surface area (Å²) in [5.74, 6) is -0.0827. The van der Waals surface area contributed by atoms with Crippen molar-refractivity contribution in [2.45, 2.75) is 31.8 Å². The third-order valence-corrected chi connectivity index (χ3v) is 5.63. The quantitative estimate of drug-likeness (QED) is 0.842. The van der Waals surface area contributed by atoms with Crippen molar-refractivity contribution in [3.05, 3.63) is 68.5 Å². The third kappa shape index (κ3) is 3.88. The fraction of sp³-hybridized carbons (Fsp3) is 0.450. The summed E-state index contributed by atoms with van der Waals surface area (Å²) in [6, 6.07) is 10.4. The molecule has 0 bridgehead atoms. The summed E-state index contributed by atoms with van der Waals surface area (Å²) in [6.07, 6.45) is 4.46. The molecule has 2 aromatic rings. The molecular formula is C20H24N4O3. The number of aromatic nitrogens is 2. The van der Waals surface area contributed by atoms with E-state index in [4.69, 9.17) is 0 Å². The van der Waals surface area contributed by atoms with Crippen LogP contribution in [0.15, 0.2) is 46.1 Å². The van der Waals surface area contributed by atoms with Crippen molar-refractivity contribution in [2.24, 2.45) is 0 Å². The molecule has 1 fully saturated rings. The highest BCUT2D eigenvalue weighted by Crippen LogP contribution is 2.26. The third-order valence-electron chi connectivity index (χ3n) is 5.63. The smallest absolute Gasteiger partial charge is 0.328 e. The van der Waals surface area contributed by atoms with Crippen molar-refractivity contribution in [3.63, 3.8) is 0 Å². The molecule has 1 N–H and O–H groups in total. The monoisotopic (exact) mass is 368 g/mol. The number of H-pyrrole nitrogens is 1. The molecule has 2 heterocycles. The molecule has 1 amide bonds. The van der Waals surface area contributed by atoms with E-state index in [2.05, 4.69) is 34.1 Å². The predicted molar refractivity (Wildman–Crippen MR) is 102 cm³/mol. The number of benzene rings is 1. The van der Waals surface area contributed by atoms with E-state index < -0.39 is 11.2 Å². The molecule has 1 aromatic heterocycles. The average Bonchev–Trinajstić information content (AvgIpc) is 2.93. The Morgan fingerprint density at radius 2 is 1.74 bits per heavy atom. The van der Waals surface area contributed by atoms with Crippen LogP contribution < -0.4 is 11.2 Å². The first kappa shape index (κ1) is 17.7. The maximum absolute atomic E-state index is 12.6. The summed E-state index contributed by atoms with van der Waals surface area (Å²) >= 11 is 0. The van der Waals surface area contributed by atoms with Gasteiger partial charge in [-0.1, -0.05) is 24.3 Å². The number of aromatic amines is 1.